The van der Waals surface area contributed by atoms with E-state index in [1.54, 1.807) is 11.8 Å². The van der Waals surface area contributed by atoms with Crippen LogP contribution in [0.4, 0.5) is 5.82 Å². The highest BCUT2D eigenvalue weighted by Crippen LogP contribution is 2.23. The van der Waals surface area contributed by atoms with Crippen molar-refractivity contribution in [3.63, 3.8) is 0 Å². The summed E-state index contributed by atoms with van der Waals surface area (Å²) in [5.74, 6) is 2.71. The van der Waals surface area contributed by atoms with Crippen molar-refractivity contribution in [2.75, 3.05) is 18.1 Å². The molecule has 1 aromatic heterocycles. The van der Waals surface area contributed by atoms with Crippen LogP contribution in [0.15, 0.2) is 6.07 Å². The molecule has 1 N–H and O–H groups in total. The summed E-state index contributed by atoms with van der Waals surface area (Å²) in [7, 11) is 0. The highest BCUT2D eigenvalue weighted by Gasteiger charge is 2.17. The summed E-state index contributed by atoms with van der Waals surface area (Å²) in [6.07, 6.45) is 2.07. The number of hydrogen-bond donors (Lipinski definition) is 1. The number of rotatable bonds is 4. The fourth-order valence-electron chi connectivity index (χ4n) is 1.35. The number of anilines is 1. The van der Waals surface area contributed by atoms with E-state index < -0.39 is 0 Å². The molecule has 1 aromatic rings. The molecule has 0 bridgehead atoms. The molecule has 0 aliphatic carbocycles. The molecule has 3 nitrogen and oxygen atoms in total. The molecule has 0 fully saturated rings. The van der Waals surface area contributed by atoms with Crippen molar-refractivity contribution in [3.8, 4) is 0 Å². The Balaban J connectivity index is 3.08. The van der Waals surface area contributed by atoms with E-state index >= 15 is 0 Å². The predicted octanol–water partition coefficient (Wildman–Crippen LogP) is 3.07. The Morgan fingerprint density at radius 1 is 1.31 bits per heavy atom. The monoisotopic (exact) mass is 239 g/mol. The Labute approximate surface area is 102 Å². The van der Waals surface area contributed by atoms with Crippen molar-refractivity contribution < 1.29 is 0 Å². The highest BCUT2D eigenvalue weighted by molar-refractivity contribution is 7.97. The fourth-order valence-corrected chi connectivity index (χ4v) is 1.73. The number of nitrogens with zero attached hydrogens (tertiary/aromatic N) is 2. The van der Waals surface area contributed by atoms with Crippen LogP contribution in [0.3, 0.4) is 0 Å². The lowest BCUT2D eigenvalue weighted by Gasteiger charge is -2.19. The van der Waals surface area contributed by atoms with Crippen LogP contribution in [0, 0.1) is 0 Å². The van der Waals surface area contributed by atoms with Crippen LogP contribution in [-0.4, -0.2) is 22.8 Å². The molecule has 16 heavy (non-hydrogen) atoms. The second kappa shape index (κ2) is 5.53. The second-order valence-corrected chi connectivity index (χ2v) is 5.63. The Bertz CT molecular complexity index is 320. The Hall–Kier alpha value is -0.770. The van der Waals surface area contributed by atoms with Crippen LogP contribution in [0.2, 0.25) is 0 Å². The second-order valence-electron chi connectivity index (χ2n) is 4.77. The number of hydrogen-bond acceptors (Lipinski definition) is 4. The molecular formula is C12H21N3S. The van der Waals surface area contributed by atoms with Gasteiger partial charge in [-0.2, -0.15) is 11.8 Å². The average Bonchev–Trinajstić information content (AvgIpc) is 2.17. The first-order chi connectivity index (χ1) is 7.47. The molecule has 1 rings (SSSR count). The summed E-state index contributed by atoms with van der Waals surface area (Å²) < 4.78 is 0. The van der Waals surface area contributed by atoms with Gasteiger partial charge in [-0.1, -0.05) is 20.8 Å². The maximum Gasteiger partial charge on any atom is 0.140 e. The van der Waals surface area contributed by atoms with Gasteiger partial charge in [-0.3, -0.25) is 0 Å². The summed E-state index contributed by atoms with van der Waals surface area (Å²) >= 11 is 1.75. The molecule has 0 saturated heterocycles. The minimum atomic E-state index is 0.0697. The van der Waals surface area contributed by atoms with E-state index in [0.29, 0.717) is 0 Å². The van der Waals surface area contributed by atoms with E-state index in [0.717, 1.165) is 29.6 Å². The molecular weight excluding hydrogens is 218 g/mol. The van der Waals surface area contributed by atoms with Crippen molar-refractivity contribution >= 4 is 17.6 Å². The summed E-state index contributed by atoms with van der Waals surface area (Å²) in [4.78, 5) is 9.09. The van der Waals surface area contributed by atoms with Crippen molar-refractivity contribution in [3.05, 3.63) is 17.6 Å². The van der Waals surface area contributed by atoms with Gasteiger partial charge in [0.25, 0.3) is 0 Å². The van der Waals surface area contributed by atoms with Crippen LogP contribution in [0.5, 0.6) is 0 Å². The van der Waals surface area contributed by atoms with Gasteiger partial charge < -0.3 is 5.32 Å². The molecule has 0 atom stereocenters. The van der Waals surface area contributed by atoms with Crippen LogP contribution in [0.1, 0.15) is 39.2 Å². The minimum Gasteiger partial charge on any atom is -0.370 e. The van der Waals surface area contributed by atoms with Gasteiger partial charge in [0.1, 0.15) is 11.6 Å². The fraction of sp³-hybridized carbons (Fsp3) is 0.667. The van der Waals surface area contributed by atoms with Crippen LogP contribution < -0.4 is 5.32 Å². The Morgan fingerprint density at radius 3 is 2.50 bits per heavy atom. The zero-order valence-electron chi connectivity index (χ0n) is 10.8. The van der Waals surface area contributed by atoms with Gasteiger partial charge in [-0.25, -0.2) is 9.97 Å². The van der Waals surface area contributed by atoms with E-state index in [9.17, 15) is 0 Å². The van der Waals surface area contributed by atoms with Gasteiger partial charge in [0.2, 0.25) is 0 Å². The minimum absolute atomic E-state index is 0.0697. The third-order valence-corrected chi connectivity index (χ3v) is 2.72. The molecule has 0 amide bonds. The van der Waals surface area contributed by atoms with Crippen molar-refractivity contribution in [1.29, 1.82) is 0 Å². The molecule has 0 radical (unpaired) electrons. The van der Waals surface area contributed by atoms with E-state index in [1.807, 2.05) is 6.07 Å². The smallest absolute Gasteiger partial charge is 0.140 e. The maximum atomic E-state index is 4.60. The van der Waals surface area contributed by atoms with Crippen molar-refractivity contribution in [2.24, 2.45) is 0 Å². The molecule has 0 aliphatic heterocycles. The van der Waals surface area contributed by atoms with Gasteiger partial charge in [0, 0.05) is 18.0 Å². The summed E-state index contributed by atoms with van der Waals surface area (Å²) in [5.41, 5.74) is 1.17. The van der Waals surface area contributed by atoms with Gasteiger partial charge >= 0.3 is 0 Å². The maximum absolute atomic E-state index is 4.60. The van der Waals surface area contributed by atoms with Gasteiger partial charge in [-0.15, -0.1) is 0 Å². The summed E-state index contributed by atoms with van der Waals surface area (Å²) in [5, 5.41) is 3.26. The van der Waals surface area contributed by atoms with Gasteiger partial charge in [0.05, 0.1) is 11.4 Å². The molecule has 1 heterocycles. The van der Waals surface area contributed by atoms with E-state index in [2.05, 4.69) is 49.2 Å². The van der Waals surface area contributed by atoms with Crippen molar-refractivity contribution in [2.45, 2.75) is 38.9 Å². The molecule has 0 aliphatic rings. The summed E-state index contributed by atoms with van der Waals surface area (Å²) in [6, 6.07) is 2.05. The third kappa shape index (κ3) is 3.67. The Kier molecular flexibility index (Phi) is 4.59. The van der Waals surface area contributed by atoms with Crippen LogP contribution in [-0.2, 0) is 11.2 Å². The van der Waals surface area contributed by atoms with E-state index in [4.69, 9.17) is 0 Å². The van der Waals surface area contributed by atoms with Gasteiger partial charge in [-0.05, 0) is 13.2 Å². The molecule has 0 aromatic carbocycles. The predicted molar refractivity (Wildman–Crippen MR) is 72.1 cm³/mol. The SMILES string of the molecule is CCNc1cc(C(C)(C)C)nc(CSC)n1. The van der Waals surface area contributed by atoms with Gasteiger partial charge in [0.15, 0.2) is 0 Å². The van der Waals surface area contributed by atoms with E-state index in [-0.39, 0.29) is 5.41 Å². The lowest BCUT2D eigenvalue weighted by Crippen LogP contribution is -2.16. The quantitative estimate of drug-likeness (QED) is 0.876. The zero-order chi connectivity index (χ0) is 12.2. The Morgan fingerprint density at radius 2 is 2.00 bits per heavy atom. The molecule has 0 unspecified atom stereocenters. The number of nitrogens with one attached hydrogen (secondary N) is 1. The lowest BCUT2D eigenvalue weighted by molar-refractivity contribution is 0.564. The number of thioether (sulfide) groups is 1. The summed E-state index contributed by atoms with van der Waals surface area (Å²) in [6.45, 7) is 9.49. The number of aromatic nitrogens is 2. The van der Waals surface area contributed by atoms with Crippen LogP contribution in [0.25, 0.3) is 0 Å². The normalized spacial score (nSPS) is 11.6. The van der Waals surface area contributed by atoms with E-state index in [1.165, 1.54) is 0 Å². The average molecular weight is 239 g/mol. The highest BCUT2D eigenvalue weighted by atomic mass is 32.2. The molecule has 0 saturated carbocycles. The first kappa shape index (κ1) is 13.3. The first-order valence-corrected chi connectivity index (χ1v) is 6.98. The first-order valence-electron chi connectivity index (χ1n) is 5.58. The van der Waals surface area contributed by atoms with Crippen molar-refractivity contribution in [1.82, 2.24) is 9.97 Å². The standard InChI is InChI=1S/C12H21N3S/c1-6-13-10-7-9(12(2,3)4)14-11(15-10)8-16-5/h7H,6,8H2,1-5H3,(H,13,14,15). The molecule has 90 valence electrons. The zero-order valence-corrected chi connectivity index (χ0v) is 11.6. The largest absolute Gasteiger partial charge is 0.370 e. The molecule has 4 heteroatoms. The third-order valence-electron chi connectivity index (χ3n) is 2.17. The van der Waals surface area contributed by atoms with Crippen LogP contribution >= 0.6 is 11.8 Å². The lowest BCUT2D eigenvalue weighted by atomic mass is 9.92. The molecule has 0 spiro atoms. The topological polar surface area (TPSA) is 37.8 Å².